The number of hydrogen-bond donors (Lipinski definition) is 1. The van der Waals surface area contributed by atoms with Crippen LogP contribution in [0.1, 0.15) is 37.9 Å². The van der Waals surface area contributed by atoms with Gasteiger partial charge in [-0.25, -0.2) is 4.68 Å². The zero-order valence-electron chi connectivity index (χ0n) is 12.3. The molecule has 0 aliphatic heterocycles. The largest absolute Gasteiger partial charge is 0.311 e. The molecule has 0 saturated heterocycles. The van der Waals surface area contributed by atoms with Crippen LogP contribution in [0.2, 0.25) is 0 Å². The van der Waals surface area contributed by atoms with Gasteiger partial charge in [-0.05, 0) is 43.5 Å². The maximum Gasteiger partial charge on any atom is 0.0649 e. The van der Waals surface area contributed by atoms with Crippen molar-refractivity contribution in [1.29, 1.82) is 0 Å². The SMILES string of the molecule is CNC(c1ccnn1-c1ccccc1)C1CCCC1C. The number of benzene rings is 1. The number of nitrogens with zero attached hydrogens (tertiary/aromatic N) is 2. The summed E-state index contributed by atoms with van der Waals surface area (Å²) in [6, 6.07) is 12.9. The van der Waals surface area contributed by atoms with Gasteiger partial charge in [0.25, 0.3) is 0 Å². The van der Waals surface area contributed by atoms with E-state index in [9.17, 15) is 0 Å². The lowest BCUT2D eigenvalue weighted by Gasteiger charge is -2.27. The molecule has 2 aromatic rings. The van der Waals surface area contributed by atoms with Crippen molar-refractivity contribution < 1.29 is 0 Å². The van der Waals surface area contributed by atoms with Crippen LogP contribution in [0.4, 0.5) is 0 Å². The fourth-order valence-corrected chi connectivity index (χ4v) is 3.58. The third-order valence-corrected chi connectivity index (χ3v) is 4.66. The fourth-order valence-electron chi connectivity index (χ4n) is 3.58. The minimum Gasteiger partial charge on any atom is -0.311 e. The molecule has 1 aromatic carbocycles. The van der Waals surface area contributed by atoms with E-state index < -0.39 is 0 Å². The molecule has 3 heteroatoms. The highest BCUT2D eigenvalue weighted by Crippen LogP contribution is 2.40. The van der Waals surface area contributed by atoms with E-state index in [0.29, 0.717) is 12.0 Å². The molecule has 1 saturated carbocycles. The van der Waals surface area contributed by atoms with E-state index in [1.165, 1.54) is 25.0 Å². The van der Waals surface area contributed by atoms with Crippen molar-refractivity contribution in [2.45, 2.75) is 32.2 Å². The number of hydrogen-bond acceptors (Lipinski definition) is 2. The van der Waals surface area contributed by atoms with Crippen molar-refractivity contribution in [3.63, 3.8) is 0 Å². The summed E-state index contributed by atoms with van der Waals surface area (Å²) in [6.45, 7) is 2.38. The van der Waals surface area contributed by atoms with Crippen LogP contribution in [0.25, 0.3) is 5.69 Å². The predicted molar refractivity (Wildman–Crippen MR) is 81.9 cm³/mol. The van der Waals surface area contributed by atoms with Crippen LogP contribution in [-0.2, 0) is 0 Å². The minimum atomic E-state index is 0.384. The van der Waals surface area contributed by atoms with Gasteiger partial charge in [-0.3, -0.25) is 0 Å². The quantitative estimate of drug-likeness (QED) is 0.919. The average Bonchev–Trinajstić information content (AvgIpc) is 3.11. The molecule has 3 unspecified atom stereocenters. The molecular formula is C17H23N3. The molecule has 0 bridgehead atoms. The number of aromatic nitrogens is 2. The Kier molecular flexibility index (Phi) is 3.88. The molecule has 0 radical (unpaired) electrons. The summed E-state index contributed by atoms with van der Waals surface area (Å²) in [5, 5.41) is 8.05. The third-order valence-electron chi connectivity index (χ3n) is 4.66. The second kappa shape index (κ2) is 5.80. The van der Waals surface area contributed by atoms with Gasteiger partial charge in [0.1, 0.15) is 0 Å². The Labute approximate surface area is 121 Å². The van der Waals surface area contributed by atoms with Gasteiger partial charge in [-0.2, -0.15) is 5.10 Å². The Balaban J connectivity index is 1.95. The van der Waals surface area contributed by atoms with Gasteiger partial charge in [0.05, 0.1) is 17.4 Å². The van der Waals surface area contributed by atoms with Crippen molar-refractivity contribution in [3.05, 3.63) is 48.3 Å². The summed E-state index contributed by atoms with van der Waals surface area (Å²) in [7, 11) is 2.07. The molecule has 3 nitrogen and oxygen atoms in total. The van der Waals surface area contributed by atoms with Crippen LogP contribution in [-0.4, -0.2) is 16.8 Å². The van der Waals surface area contributed by atoms with Crippen molar-refractivity contribution in [3.8, 4) is 5.69 Å². The Morgan fingerprint density at radius 1 is 1.20 bits per heavy atom. The van der Waals surface area contributed by atoms with Gasteiger partial charge in [0, 0.05) is 6.20 Å². The van der Waals surface area contributed by atoms with E-state index >= 15 is 0 Å². The molecule has 3 rings (SSSR count). The maximum absolute atomic E-state index is 4.53. The molecule has 1 heterocycles. The molecule has 20 heavy (non-hydrogen) atoms. The van der Waals surface area contributed by atoms with E-state index in [0.717, 1.165) is 11.6 Å². The summed E-state index contributed by atoms with van der Waals surface area (Å²) >= 11 is 0. The van der Waals surface area contributed by atoms with Crippen molar-refractivity contribution in [2.24, 2.45) is 11.8 Å². The first-order chi connectivity index (χ1) is 9.81. The molecule has 106 valence electrons. The van der Waals surface area contributed by atoms with E-state index in [4.69, 9.17) is 0 Å². The molecule has 0 spiro atoms. The molecule has 1 fully saturated rings. The van der Waals surface area contributed by atoms with Crippen LogP contribution in [0.15, 0.2) is 42.6 Å². The molecule has 1 aliphatic rings. The highest BCUT2D eigenvalue weighted by molar-refractivity contribution is 5.33. The van der Waals surface area contributed by atoms with E-state index in [2.05, 4.69) is 59.4 Å². The average molecular weight is 269 g/mol. The second-order valence-electron chi connectivity index (χ2n) is 5.84. The van der Waals surface area contributed by atoms with Gasteiger partial charge < -0.3 is 5.32 Å². The Hall–Kier alpha value is -1.61. The summed E-state index contributed by atoms with van der Waals surface area (Å²) < 4.78 is 2.08. The van der Waals surface area contributed by atoms with Crippen LogP contribution < -0.4 is 5.32 Å². The number of rotatable bonds is 4. The monoisotopic (exact) mass is 269 g/mol. The summed E-state index contributed by atoms with van der Waals surface area (Å²) in [5.74, 6) is 1.49. The van der Waals surface area contributed by atoms with E-state index in [1.807, 2.05) is 12.3 Å². The summed E-state index contributed by atoms with van der Waals surface area (Å²) in [6.07, 6.45) is 5.92. The molecule has 3 atom stereocenters. The lowest BCUT2D eigenvalue weighted by atomic mass is 9.88. The van der Waals surface area contributed by atoms with Gasteiger partial charge in [0.15, 0.2) is 0 Å². The van der Waals surface area contributed by atoms with Gasteiger partial charge in [0.2, 0.25) is 0 Å². The first kappa shape index (κ1) is 13.4. The smallest absolute Gasteiger partial charge is 0.0649 e. The molecule has 1 aliphatic carbocycles. The van der Waals surface area contributed by atoms with Gasteiger partial charge in [-0.15, -0.1) is 0 Å². The van der Waals surface area contributed by atoms with Crippen molar-refractivity contribution in [1.82, 2.24) is 15.1 Å². The second-order valence-corrected chi connectivity index (χ2v) is 5.84. The Morgan fingerprint density at radius 2 is 2.00 bits per heavy atom. The van der Waals surface area contributed by atoms with Crippen LogP contribution in [0, 0.1) is 11.8 Å². The molecule has 1 N–H and O–H groups in total. The zero-order chi connectivity index (χ0) is 13.9. The first-order valence-corrected chi connectivity index (χ1v) is 7.58. The van der Waals surface area contributed by atoms with Gasteiger partial charge >= 0.3 is 0 Å². The molecular weight excluding hydrogens is 246 g/mol. The highest BCUT2D eigenvalue weighted by Gasteiger charge is 2.32. The number of nitrogens with one attached hydrogen (secondary N) is 1. The van der Waals surface area contributed by atoms with Crippen molar-refractivity contribution in [2.75, 3.05) is 7.05 Å². The van der Waals surface area contributed by atoms with Crippen LogP contribution >= 0.6 is 0 Å². The van der Waals surface area contributed by atoms with E-state index in [-0.39, 0.29) is 0 Å². The predicted octanol–water partition coefficient (Wildman–Crippen LogP) is 3.57. The zero-order valence-corrected chi connectivity index (χ0v) is 12.3. The fraction of sp³-hybridized carbons (Fsp3) is 0.471. The molecule has 0 amide bonds. The summed E-state index contributed by atoms with van der Waals surface area (Å²) in [5.41, 5.74) is 2.41. The highest BCUT2D eigenvalue weighted by atomic mass is 15.3. The first-order valence-electron chi connectivity index (χ1n) is 7.58. The standard InChI is InChI=1S/C17H23N3/c1-13-7-6-10-15(13)17(18-2)16-11-12-19-20(16)14-8-4-3-5-9-14/h3-5,8-9,11-13,15,17-18H,6-7,10H2,1-2H3. The lowest BCUT2D eigenvalue weighted by Crippen LogP contribution is -2.29. The normalized spacial score (nSPS) is 23.9. The Morgan fingerprint density at radius 3 is 2.65 bits per heavy atom. The van der Waals surface area contributed by atoms with Crippen LogP contribution in [0.3, 0.4) is 0 Å². The van der Waals surface area contributed by atoms with E-state index in [1.54, 1.807) is 0 Å². The topological polar surface area (TPSA) is 29.9 Å². The van der Waals surface area contributed by atoms with Gasteiger partial charge in [-0.1, -0.05) is 38.0 Å². The Bertz CT molecular complexity index is 546. The molecule has 1 aromatic heterocycles. The summed E-state index contributed by atoms with van der Waals surface area (Å²) in [4.78, 5) is 0. The lowest BCUT2D eigenvalue weighted by molar-refractivity contribution is 0.306. The number of para-hydroxylation sites is 1. The van der Waals surface area contributed by atoms with Crippen LogP contribution in [0.5, 0.6) is 0 Å². The minimum absolute atomic E-state index is 0.384. The maximum atomic E-state index is 4.53. The van der Waals surface area contributed by atoms with Crippen molar-refractivity contribution >= 4 is 0 Å². The third kappa shape index (κ3) is 2.38.